The van der Waals surface area contributed by atoms with E-state index in [1.165, 1.54) is 0 Å². The Balaban J connectivity index is 1.90. The number of amides is 1. The molecule has 1 unspecified atom stereocenters. The highest BCUT2D eigenvalue weighted by Crippen LogP contribution is 2.37. The molecule has 0 aromatic heterocycles. The Hall–Kier alpha value is -1.95. The molecule has 3 rings (SSSR count). The Kier molecular flexibility index (Phi) is 2.71. The van der Waals surface area contributed by atoms with E-state index >= 15 is 0 Å². The molecule has 1 fully saturated rings. The van der Waals surface area contributed by atoms with Crippen molar-refractivity contribution in [3.05, 3.63) is 18.2 Å². The van der Waals surface area contributed by atoms with Crippen molar-refractivity contribution in [1.82, 2.24) is 0 Å². The van der Waals surface area contributed by atoms with Crippen LogP contribution in [0.1, 0.15) is 6.42 Å². The zero-order chi connectivity index (χ0) is 12.5. The Morgan fingerprint density at radius 2 is 2.11 bits per heavy atom. The molecule has 18 heavy (non-hydrogen) atoms. The second-order valence-electron chi connectivity index (χ2n) is 4.22. The van der Waals surface area contributed by atoms with Crippen LogP contribution in [0.2, 0.25) is 0 Å². The number of ether oxygens (including phenoxy) is 3. The topological polar surface area (TPSA) is 74.0 Å². The molecule has 96 valence electrons. The summed E-state index contributed by atoms with van der Waals surface area (Å²) in [4.78, 5) is 13.4. The van der Waals surface area contributed by atoms with E-state index in [9.17, 15) is 4.79 Å². The molecule has 1 aromatic rings. The average Bonchev–Trinajstić information content (AvgIpc) is 2.96. The summed E-state index contributed by atoms with van der Waals surface area (Å²) in [5.41, 5.74) is 6.30. The van der Waals surface area contributed by atoms with E-state index in [1.807, 2.05) is 6.07 Å². The smallest absolute Gasteiger partial charge is 0.414 e. The highest BCUT2D eigenvalue weighted by molar-refractivity contribution is 5.90. The number of hydrogen-bond donors (Lipinski definition) is 1. The van der Waals surface area contributed by atoms with Crippen molar-refractivity contribution in [3.8, 4) is 11.5 Å². The molecule has 6 heteroatoms. The van der Waals surface area contributed by atoms with Gasteiger partial charge < -0.3 is 19.9 Å². The van der Waals surface area contributed by atoms with Crippen molar-refractivity contribution in [2.45, 2.75) is 12.5 Å². The molecule has 0 saturated carbocycles. The minimum atomic E-state index is -0.340. The summed E-state index contributed by atoms with van der Waals surface area (Å²) in [5.74, 6) is 1.35. The standard InChI is InChI=1S/C12H14N2O4/c13-4-3-9-6-16-12(15)14(9)8-1-2-10-11(5-8)18-7-17-10/h1-2,5,9H,3-4,6-7,13H2. The number of benzene rings is 1. The molecule has 1 amide bonds. The van der Waals surface area contributed by atoms with Gasteiger partial charge in [0.2, 0.25) is 6.79 Å². The molecule has 1 atom stereocenters. The lowest BCUT2D eigenvalue weighted by Gasteiger charge is -2.21. The molecular formula is C12H14N2O4. The molecule has 0 radical (unpaired) electrons. The first-order chi connectivity index (χ1) is 8.79. The third-order valence-electron chi connectivity index (χ3n) is 3.10. The average molecular weight is 250 g/mol. The molecule has 1 saturated heterocycles. The van der Waals surface area contributed by atoms with Gasteiger partial charge >= 0.3 is 6.09 Å². The summed E-state index contributed by atoms with van der Waals surface area (Å²) in [5, 5.41) is 0. The third kappa shape index (κ3) is 1.74. The van der Waals surface area contributed by atoms with Gasteiger partial charge in [-0.2, -0.15) is 0 Å². The highest BCUT2D eigenvalue weighted by Gasteiger charge is 2.34. The second-order valence-corrected chi connectivity index (χ2v) is 4.22. The molecule has 0 aliphatic carbocycles. The maximum Gasteiger partial charge on any atom is 0.414 e. The summed E-state index contributed by atoms with van der Waals surface area (Å²) >= 11 is 0. The zero-order valence-corrected chi connectivity index (χ0v) is 9.80. The van der Waals surface area contributed by atoms with Gasteiger partial charge in [-0.05, 0) is 25.1 Å². The molecular weight excluding hydrogens is 236 g/mol. The van der Waals surface area contributed by atoms with E-state index in [0.717, 1.165) is 5.69 Å². The van der Waals surface area contributed by atoms with Crippen molar-refractivity contribution < 1.29 is 19.0 Å². The van der Waals surface area contributed by atoms with E-state index in [1.54, 1.807) is 17.0 Å². The van der Waals surface area contributed by atoms with Crippen molar-refractivity contribution in [3.63, 3.8) is 0 Å². The van der Waals surface area contributed by atoms with Crippen LogP contribution in [-0.2, 0) is 4.74 Å². The number of carbonyl (C=O) groups excluding carboxylic acids is 1. The minimum Gasteiger partial charge on any atom is -0.454 e. The molecule has 2 heterocycles. The molecule has 6 nitrogen and oxygen atoms in total. The van der Waals surface area contributed by atoms with Crippen LogP contribution >= 0.6 is 0 Å². The summed E-state index contributed by atoms with van der Waals surface area (Å²) in [6, 6.07) is 5.40. The number of hydrogen-bond acceptors (Lipinski definition) is 5. The van der Waals surface area contributed by atoms with Crippen molar-refractivity contribution >= 4 is 11.8 Å². The van der Waals surface area contributed by atoms with Gasteiger partial charge in [-0.15, -0.1) is 0 Å². The summed E-state index contributed by atoms with van der Waals surface area (Å²) < 4.78 is 15.6. The normalized spacial score (nSPS) is 21.3. The fraction of sp³-hybridized carbons (Fsp3) is 0.417. The largest absolute Gasteiger partial charge is 0.454 e. The minimum absolute atomic E-state index is 0.0112. The summed E-state index contributed by atoms with van der Waals surface area (Å²) in [7, 11) is 0. The number of cyclic esters (lactones) is 1. The number of rotatable bonds is 3. The monoisotopic (exact) mass is 250 g/mol. The number of carbonyl (C=O) groups is 1. The molecule has 2 aliphatic heterocycles. The van der Waals surface area contributed by atoms with Crippen molar-refractivity contribution in [2.24, 2.45) is 5.73 Å². The van der Waals surface area contributed by atoms with Gasteiger partial charge in [-0.3, -0.25) is 4.90 Å². The number of nitrogens with zero attached hydrogens (tertiary/aromatic N) is 1. The van der Waals surface area contributed by atoms with E-state index in [-0.39, 0.29) is 18.9 Å². The maximum atomic E-state index is 11.8. The van der Waals surface area contributed by atoms with Crippen LogP contribution in [0.3, 0.4) is 0 Å². The van der Waals surface area contributed by atoms with Crippen LogP contribution < -0.4 is 20.1 Å². The Bertz CT molecular complexity index is 477. The van der Waals surface area contributed by atoms with E-state index < -0.39 is 0 Å². The van der Waals surface area contributed by atoms with Gasteiger partial charge in [-0.25, -0.2) is 4.79 Å². The predicted octanol–water partition coefficient (Wildman–Crippen LogP) is 1.09. The number of anilines is 1. The first kappa shape index (κ1) is 11.2. The Morgan fingerprint density at radius 1 is 1.28 bits per heavy atom. The summed E-state index contributed by atoms with van der Waals surface area (Å²) in [6.07, 6.45) is 0.368. The van der Waals surface area contributed by atoms with Gasteiger partial charge in [0.25, 0.3) is 0 Å². The van der Waals surface area contributed by atoms with Crippen LogP contribution in [-0.4, -0.2) is 32.1 Å². The fourth-order valence-corrected chi connectivity index (χ4v) is 2.22. The van der Waals surface area contributed by atoms with Gasteiger partial charge in [0.05, 0.1) is 11.7 Å². The molecule has 0 spiro atoms. The SMILES string of the molecule is NCCC1COC(=O)N1c1ccc2c(c1)OCO2. The maximum absolute atomic E-state index is 11.8. The molecule has 2 aliphatic rings. The van der Waals surface area contributed by atoms with Crippen LogP contribution in [0.4, 0.5) is 10.5 Å². The number of nitrogens with two attached hydrogens (primary N) is 1. The third-order valence-corrected chi connectivity index (χ3v) is 3.10. The first-order valence-electron chi connectivity index (χ1n) is 5.85. The van der Waals surface area contributed by atoms with Gasteiger partial charge in [0.1, 0.15) is 6.61 Å². The number of fused-ring (bicyclic) bond motifs is 1. The Morgan fingerprint density at radius 3 is 2.94 bits per heavy atom. The fourth-order valence-electron chi connectivity index (χ4n) is 2.22. The van der Waals surface area contributed by atoms with Crippen molar-refractivity contribution in [2.75, 3.05) is 24.8 Å². The summed E-state index contributed by atoms with van der Waals surface area (Å²) in [6.45, 7) is 1.11. The van der Waals surface area contributed by atoms with Gasteiger partial charge in [0, 0.05) is 6.07 Å². The predicted molar refractivity (Wildman–Crippen MR) is 63.9 cm³/mol. The second kappa shape index (κ2) is 4.38. The van der Waals surface area contributed by atoms with Crippen LogP contribution in [0.25, 0.3) is 0 Å². The quantitative estimate of drug-likeness (QED) is 0.869. The van der Waals surface area contributed by atoms with Crippen LogP contribution in [0, 0.1) is 0 Å². The van der Waals surface area contributed by atoms with Gasteiger partial charge in [-0.1, -0.05) is 0 Å². The van der Waals surface area contributed by atoms with E-state index in [0.29, 0.717) is 31.1 Å². The van der Waals surface area contributed by atoms with E-state index in [2.05, 4.69) is 0 Å². The van der Waals surface area contributed by atoms with Crippen LogP contribution in [0.5, 0.6) is 11.5 Å². The van der Waals surface area contributed by atoms with Crippen molar-refractivity contribution in [1.29, 1.82) is 0 Å². The lowest BCUT2D eigenvalue weighted by Crippen LogP contribution is -2.34. The molecule has 2 N–H and O–H groups in total. The molecule has 1 aromatic carbocycles. The molecule has 0 bridgehead atoms. The van der Waals surface area contributed by atoms with E-state index in [4.69, 9.17) is 19.9 Å². The Labute approximate surface area is 104 Å². The lowest BCUT2D eigenvalue weighted by molar-refractivity contribution is 0.174. The first-order valence-corrected chi connectivity index (χ1v) is 5.85. The zero-order valence-electron chi connectivity index (χ0n) is 9.80. The highest BCUT2D eigenvalue weighted by atomic mass is 16.7. The van der Waals surface area contributed by atoms with Crippen LogP contribution in [0.15, 0.2) is 18.2 Å². The van der Waals surface area contributed by atoms with Gasteiger partial charge in [0.15, 0.2) is 11.5 Å². The lowest BCUT2D eigenvalue weighted by atomic mass is 10.1.